The van der Waals surface area contributed by atoms with Gasteiger partial charge in [0.25, 0.3) is 5.91 Å². The van der Waals surface area contributed by atoms with E-state index in [1.54, 1.807) is 25.3 Å². The number of amides is 1. The third-order valence-corrected chi connectivity index (χ3v) is 3.32. The van der Waals surface area contributed by atoms with E-state index in [0.29, 0.717) is 11.4 Å². The number of aromatic nitrogens is 2. The van der Waals surface area contributed by atoms with Gasteiger partial charge >= 0.3 is 0 Å². The quantitative estimate of drug-likeness (QED) is 0.802. The Labute approximate surface area is 134 Å². The zero-order valence-electron chi connectivity index (χ0n) is 12.6. The number of hydrogen-bond acceptors (Lipinski definition) is 4. The van der Waals surface area contributed by atoms with Crippen molar-refractivity contribution in [1.82, 2.24) is 10.2 Å². The topological polar surface area (TPSA) is 64.1 Å². The number of carbonyl (C=O) groups is 1. The van der Waals surface area contributed by atoms with Crippen molar-refractivity contribution in [2.45, 2.75) is 0 Å². The molecule has 3 aromatic rings. The minimum Gasteiger partial charge on any atom is -0.480 e. The zero-order valence-corrected chi connectivity index (χ0v) is 12.6. The van der Waals surface area contributed by atoms with E-state index < -0.39 is 0 Å². The van der Waals surface area contributed by atoms with E-state index in [9.17, 15) is 4.79 Å². The lowest BCUT2D eigenvalue weighted by molar-refractivity contribution is 0.102. The summed E-state index contributed by atoms with van der Waals surface area (Å²) < 4.78 is 4.99. The van der Waals surface area contributed by atoms with Crippen molar-refractivity contribution in [1.29, 1.82) is 0 Å². The van der Waals surface area contributed by atoms with Gasteiger partial charge in [-0.15, -0.1) is 10.2 Å². The van der Waals surface area contributed by atoms with E-state index in [0.717, 1.165) is 16.9 Å². The molecule has 1 amide bonds. The Balaban J connectivity index is 1.73. The van der Waals surface area contributed by atoms with Crippen LogP contribution < -0.4 is 10.1 Å². The number of nitrogens with zero attached hydrogens (tertiary/aromatic N) is 2. The third kappa shape index (κ3) is 3.52. The number of methoxy groups -OCH3 is 1. The van der Waals surface area contributed by atoms with Crippen molar-refractivity contribution >= 4 is 11.6 Å². The normalized spacial score (nSPS) is 10.1. The molecule has 0 unspecified atom stereocenters. The summed E-state index contributed by atoms with van der Waals surface area (Å²) in [5, 5.41) is 10.9. The summed E-state index contributed by atoms with van der Waals surface area (Å²) in [5.41, 5.74) is 3.01. The van der Waals surface area contributed by atoms with Crippen LogP contribution >= 0.6 is 0 Å². The van der Waals surface area contributed by atoms with Gasteiger partial charge in [0, 0.05) is 22.9 Å². The van der Waals surface area contributed by atoms with Gasteiger partial charge in [-0.25, -0.2) is 0 Å². The van der Waals surface area contributed by atoms with Crippen molar-refractivity contribution in [3.8, 4) is 17.1 Å². The highest BCUT2D eigenvalue weighted by Gasteiger charge is 2.06. The molecule has 0 saturated carbocycles. The fraction of sp³-hybridized carbons (Fsp3) is 0.0556. The SMILES string of the molecule is COc1ccc(-c2ccc(NC(=O)c3ccccc3)cc2)nn1. The molecule has 0 atom stereocenters. The maximum Gasteiger partial charge on any atom is 0.255 e. The highest BCUT2D eigenvalue weighted by molar-refractivity contribution is 6.04. The van der Waals surface area contributed by atoms with Crippen LogP contribution in [0, 0.1) is 0 Å². The Morgan fingerprint density at radius 2 is 1.65 bits per heavy atom. The fourth-order valence-corrected chi connectivity index (χ4v) is 2.10. The number of carbonyl (C=O) groups excluding carboxylic acids is 1. The average Bonchev–Trinajstić information content (AvgIpc) is 2.63. The molecule has 0 radical (unpaired) electrons. The van der Waals surface area contributed by atoms with E-state index in [-0.39, 0.29) is 5.91 Å². The standard InChI is InChI=1S/C18H15N3O2/c1-23-17-12-11-16(20-21-17)13-7-9-15(10-8-13)19-18(22)14-5-3-2-4-6-14/h2-12H,1H3,(H,19,22). The summed E-state index contributed by atoms with van der Waals surface area (Å²) in [6.07, 6.45) is 0. The monoisotopic (exact) mass is 305 g/mol. The molecule has 23 heavy (non-hydrogen) atoms. The largest absolute Gasteiger partial charge is 0.480 e. The van der Waals surface area contributed by atoms with Gasteiger partial charge in [-0.2, -0.15) is 0 Å². The van der Waals surface area contributed by atoms with Gasteiger partial charge < -0.3 is 10.1 Å². The van der Waals surface area contributed by atoms with Crippen molar-refractivity contribution in [3.05, 3.63) is 72.3 Å². The predicted molar refractivity (Wildman–Crippen MR) is 88.4 cm³/mol. The van der Waals surface area contributed by atoms with Crippen LogP contribution in [0.15, 0.2) is 66.7 Å². The third-order valence-electron chi connectivity index (χ3n) is 3.32. The second-order valence-electron chi connectivity index (χ2n) is 4.86. The first-order valence-electron chi connectivity index (χ1n) is 7.11. The van der Waals surface area contributed by atoms with Gasteiger partial charge in [-0.1, -0.05) is 30.3 Å². The van der Waals surface area contributed by atoms with E-state index in [2.05, 4.69) is 15.5 Å². The summed E-state index contributed by atoms with van der Waals surface area (Å²) in [5.74, 6) is 0.336. The van der Waals surface area contributed by atoms with Crippen LogP contribution in [0.5, 0.6) is 5.88 Å². The molecule has 0 saturated heterocycles. The molecule has 0 aliphatic heterocycles. The van der Waals surface area contributed by atoms with Crippen LogP contribution in [0.4, 0.5) is 5.69 Å². The van der Waals surface area contributed by atoms with E-state index in [1.807, 2.05) is 48.5 Å². The fourth-order valence-electron chi connectivity index (χ4n) is 2.10. The average molecular weight is 305 g/mol. The molecule has 0 aliphatic rings. The van der Waals surface area contributed by atoms with Gasteiger partial charge in [0.05, 0.1) is 12.8 Å². The van der Waals surface area contributed by atoms with Crippen LogP contribution in [0.2, 0.25) is 0 Å². The first-order chi connectivity index (χ1) is 11.3. The molecule has 114 valence electrons. The minimum absolute atomic E-state index is 0.136. The molecule has 5 heteroatoms. The van der Waals surface area contributed by atoms with Gasteiger partial charge in [0.15, 0.2) is 0 Å². The molecular formula is C18H15N3O2. The van der Waals surface area contributed by atoms with E-state index in [4.69, 9.17) is 4.74 Å². The summed E-state index contributed by atoms with van der Waals surface area (Å²) in [4.78, 5) is 12.1. The number of hydrogen-bond donors (Lipinski definition) is 1. The molecule has 1 N–H and O–H groups in total. The van der Waals surface area contributed by atoms with Crippen molar-refractivity contribution in [3.63, 3.8) is 0 Å². The maximum absolute atomic E-state index is 12.1. The predicted octanol–water partition coefficient (Wildman–Crippen LogP) is 3.40. The molecule has 0 fully saturated rings. The van der Waals surface area contributed by atoms with Crippen molar-refractivity contribution in [2.75, 3.05) is 12.4 Å². The number of ether oxygens (including phenoxy) is 1. The summed E-state index contributed by atoms with van der Waals surface area (Å²) in [6.45, 7) is 0. The Hall–Kier alpha value is -3.21. The second-order valence-corrected chi connectivity index (χ2v) is 4.86. The van der Waals surface area contributed by atoms with Crippen LogP contribution in [0.3, 0.4) is 0 Å². The van der Waals surface area contributed by atoms with Crippen molar-refractivity contribution in [2.24, 2.45) is 0 Å². The van der Waals surface area contributed by atoms with Crippen LogP contribution in [-0.2, 0) is 0 Å². The molecule has 1 aromatic heterocycles. The Morgan fingerprint density at radius 1 is 0.913 bits per heavy atom. The highest BCUT2D eigenvalue weighted by Crippen LogP contribution is 2.20. The first kappa shape index (κ1) is 14.7. The zero-order chi connectivity index (χ0) is 16.1. The molecule has 2 aromatic carbocycles. The molecular weight excluding hydrogens is 290 g/mol. The smallest absolute Gasteiger partial charge is 0.255 e. The van der Waals surface area contributed by atoms with Crippen molar-refractivity contribution < 1.29 is 9.53 Å². The van der Waals surface area contributed by atoms with Gasteiger partial charge in [0.2, 0.25) is 5.88 Å². The molecule has 5 nitrogen and oxygen atoms in total. The number of benzene rings is 2. The summed E-state index contributed by atoms with van der Waals surface area (Å²) in [7, 11) is 1.55. The van der Waals surface area contributed by atoms with E-state index >= 15 is 0 Å². The summed E-state index contributed by atoms with van der Waals surface area (Å²) in [6, 6.07) is 20.1. The highest BCUT2D eigenvalue weighted by atomic mass is 16.5. The van der Waals surface area contributed by atoms with Crippen LogP contribution in [0.25, 0.3) is 11.3 Å². The minimum atomic E-state index is -0.136. The van der Waals surface area contributed by atoms with Crippen LogP contribution in [-0.4, -0.2) is 23.2 Å². The lowest BCUT2D eigenvalue weighted by Gasteiger charge is -2.06. The Kier molecular flexibility index (Phi) is 4.29. The number of nitrogens with one attached hydrogen (secondary N) is 1. The summed E-state index contributed by atoms with van der Waals surface area (Å²) >= 11 is 0. The lowest BCUT2D eigenvalue weighted by atomic mass is 10.1. The molecule has 1 heterocycles. The molecule has 0 spiro atoms. The molecule has 0 bridgehead atoms. The van der Waals surface area contributed by atoms with Gasteiger partial charge in [-0.05, 0) is 30.3 Å². The van der Waals surface area contributed by atoms with Crippen LogP contribution in [0.1, 0.15) is 10.4 Å². The first-order valence-corrected chi connectivity index (χ1v) is 7.11. The second kappa shape index (κ2) is 6.70. The number of rotatable bonds is 4. The number of anilines is 1. The maximum atomic E-state index is 12.1. The lowest BCUT2D eigenvalue weighted by Crippen LogP contribution is -2.11. The molecule has 0 aliphatic carbocycles. The van der Waals surface area contributed by atoms with Gasteiger partial charge in [-0.3, -0.25) is 4.79 Å². The van der Waals surface area contributed by atoms with E-state index in [1.165, 1.54) is 0 Å². The Morgan fingerprint density at radius 3 is 2.26 bits per heavy atom. The molecule has 3 rings (SSSR count). The Bertz CT molecular complexity index is 785. The van der Waals surface area contributed by atoms with Gasteiger partial charge in [0.1, 0.15) is 0 Å².